The summed E-state index contributed by atoms with van der Waals surface area (Å²) in [5, 5.41) is 0. The Morgan fingerprint density at radius 2 is 0.507 bits per heavy atom. The van der Waals surface area contributed by atoms with Crippen molar-refractivity contribution in [3.05, 3.63) is 0 Å². The monoisotopic (exact) mass is 979 g/mol. The summed E-state index contributed by atoms with van der Waals surface area (Å²) in [6, 6.07) is 0. The molecule has 4 aliphatic carbocycles. The maximum Gasteiger partial charge on any atom is 0.391 e. The van der Waals surface area contributed by atoms with E-state index < -0.39 is 36.5 Å². The molecule has 4 fully saturated rings. The molecular weight excluding hydrogens is 861 g/mol. The first-order valence-electron chi connectivity index (χ1n) is 27.5. The lowest BCUT2D eigenvalue weighted by Gasteiger charge is -2.33. The fraction of sp³-hybridized carbons (Fsp3) is 1.00. The van der Waals surface area contributed by atoms with Crippen molar-refractivity contribution in [1.29, 1.82) is 0 Å². The molecule has 0 aromatic heterocycles. The van der Waals surface area contributed by atoms with Crippen molar-refractivity contribution in [2.24, 2.45) is 118 Å². The molecule has 0 bridgehead atoms. The Bertz CT molecular complexity index is 1010. The number of hydrogen-bond donors (Lipinski definition) is 0. The van der Waals surface area contributed by atoms with E-state index in [1.54, 1.807) is 48.5 Å². The Labute approximate surface area is 414 Å². The lowest BCUT2D eigenvalue weighted by atomic mass is 9.72. The largest absolute Gasteiger partial charge is 0.391 e. The highest BCUT2D eigenvalue weighted by Crippen LogP contribution is 2.41. The van der Waals surface area contributed by atoms with Gasteiger partial charge in [-0.2, -0.15) is 26.3 Å². The molecule has 4 saturated carbocycles. The minimum Gasteiger partial charge on any atom is -0.210 e. The second-order valence-corrected chi connectivity index (χ2v) is 25.6. The molecular formula is C59H118F8. The van der Waals surface area contributed by atoms with Gasteiger partial charge in [-0.05, 0) is 126 Å². The molecule has 0 radical (unpaired) electrons. The summed E-state index contributed by atoms with van der Waals surface area (Å²) in [5.41, 5.74) is 0.500. The van der Waals surface area contributed by atoms with Crippen molar-refractivity contribution in [2.45, 2.75) is 263 Å². The normalized spacial score (nSPS) is 19.7. The topological polar surface area (TPSA) is 0 Å². The molecule has 8 heteroatoms. The SMILES string of the molecule is CC(C)C(C)(C)C.CC(C)[C@@H](C)C(F)(F)F.CC(C)[C@@H](C)C(F)F.CC(C)[C@@H](C)C1CC1.CC(C)[C@@H](C)C1CCC1.CC(C)[C@H](C)C(F)(F)F.CC(C)[C@H](C)C1CC1.CC(C)[C@H](C)C1CCC1. The standard InChI is InChI=1S/2C9H18.2C8H16.C7H16.2C6H11F3.C6H12F2/c2*1-7(2)8(3)9-5-4-6-9;2*1-6(2)7(3)8-4-5-8;1-6(2)7(3,4)5;2*1-4(2)5(3)6(7,8)9;1-4(2)5(3)6(7)8/h2*7-9H,4-6H2,1-3H3;2*6-8H,4-5H2,1-3H3;6H,1-5H3;2*4-5H,1-3H3;4-6H,1-3H3/t2*8-;2*7-;;3*5-/m1010.101/s1. The van der Waals surface area contributed by atoms with Gasteiger partial charge >= 0.3 is 12.4 Å². The van der Waals surface area contributed by atoms with Gasteiger partial charge in [-0.3, -0.25) is 0 Å². The van der Waals surface area contributed by atoms with Crippen LogP contribution in [0.25, 0.3) is 0 Å². The van der Waals surface area contributed by atoms with Crippen LogP contribution in [-0.4, -0.2) is 18.8 Å². The zero-order valence-corrected chi connectivity index (χ0v) is 49.1. The highest BCUT2D eigenvalue weighted by Gasteiger charge is 2.38. The summed E-state index contributed by atoms with van der Waals surface area (Å²) < 4.78 is 93.6. The van der Waals surface area contributed by atoms with Crippen molar-refractivity contribution in [3.63, 3.8) is 0 Å². The molecule has 67 heavy (non-hydrogen) atoms. The van der Waals surface area contributed by atoms with Gasteiger partial charge in [0.1, 0.15) is 0 Å². The first-order chi connectivity index (χ1) is 30.1. The van der Waals surface area contributed by atoms with Gasteiger partial charge in [0.2, 0.25) is 6.43 Å². The predicted octanol–water partition coefficient (Wildman–Crippen LogP) is 22.4. The molecule has 0 amide bonds. The summed E-state index contributed by atoms with van der Waals surface area (Å²) in [7, 11) is 0. The predicted molar refractivity (Wildman–Crippen MR) is 281 cm³/mol. The maximum absolute atomic E-state index is 11.7. The van der Waals surface area contributed by atoms with Gasteiger partial charge in [0.05, 0.1) is 11.8 Å². The minimum atomic E-state index is -4.02. The second-order valence-electron chi connectivity index (χ2n) is 25.6. The zero-order valence-electron chi connectivity index (χ0n) is 49.1. The van der Waals surface area contributed by atoms with Gasteiger partial charge in [0.15, 0.2) is 0 Å². The average Bonchev–Trinajstić information content (AvgIpc) is 4.07. The molecule has 0 saturated heterocycles. The van der Waals surface area contributed by atoms with Crippen molar-refractivity contribution in [2.75, 3.05) is 0 Å². The van der Waals surface area contributed by atoms with E-state index in [1.807, 2.05) is 0 Å². The Kier molecular flexibility index (Phi) is 38.7. The Balaban J connectivity index is -0.000000339. The second kappa shape index (κ2) is 35.5. The lowest BCUT2D eigenvalue weighted by molar-refractivity contribution is -0.180. The fourth-order valence-electron chi connectivity index (χ4n) is 6.40. The third-order valence-corrected chi connectivity index (χ3v) is 16.9. The number of halogens is 8. The molecule has 0 spiro atoms. The Morgan fingerprint density at radius 3 is 0.537 bits per heavy atom. The van der Waals surface area contributed by atoms with E-state index in [1.165, 1.54) is 78.1 Å². The Hall–Kier alpha value is -0.560. The van der Waals surface area contributed by atoms with Gasteiger partial charge in [0, 0.05) is 5.92 Å². The van der Waals surface area contributed by atoms with E-state index in [0.29, 0.717) is 5.41 Å². The average molecular weight is 980 g/mol. The fourth-order valence-corrected chi connectivity index (χ4v) is 6.40. The molecule has 0 heterocycles. The third-order valence-electron chi connectivity index (χ3n) is 16.9. The van der Waals surface area contributed by atoms with E-state index in [2.05, 4.69) is 118 Å². The maximum atomic E-state index is 11.7. The van der Waals surface area contributed by atoms with Gasteiger partial charge in [0.25, 0.3) is 0 Å². The quantitative estimate of drug-likeness (QED) is 0.171. The van der Waals surface area contributed by atoms with Crippen LogP contribution in [0.15, 0.2) is 0 Å². The minimum absolute atomic E-state index is 0.0926. The number of rotatable bonds is 12. The lowest BCUT2D eigenvalue weighted by Crippen LogP contribution is -2.24. The van der Waals surface area contributed by atoms with Gasteiger partial charge < -0.3 is 0 Å². The first-order valence-corrected chi connectivity index (χ1v) is 27.5. The first kappa shape index (κ1) is 73.0. The number of alkyl halides is 8. The third kappa shape index (κ3) is 37.8. The van der Waals surface area contributed by atoms with Crippen LogP contribution < -0.4 is 0 Å². The molecule has 0 aromatic rings. The van der Waals surface area contributed by atoms with Crippen molar-refractivity contribution >= 4 is 0 Å². The van der Waals surface area contributed by atoms with Crippen LogP contribution in [0, 0.1) is 118 Å². The van der Waals surface area contributed by atoms with Gasteiger partial charge in [-0.25, -0.2) is 8.78 Å². The van der Waals surface area contributed by atoms with Gasteiger partial charge in [-0.15, -0.1) is 0 Å². The van der Waals surface area contributed by atoms with Crippen LogP contribution >= 0.6 is 0 Å². The van der Waals surface area contributed by atoms with Crippen molar-refractivity contribution in [3.8, 4) is 0 Å². The van der Waals surface area contributed by atoms with E-state index in [9.17, 15) is 35.1 Å². The highest BCUT2D eigenvalue weighted by molar-refractivity contribution is 4.81. The van der Waals surface area contributed by atoms with E-state index in [-0.39, 0.29) is 17.8 Å². The van der Waals surface area contributed by atoms with Crippen molar-refractivity contribution < 1.29 is 35.1 Å². The summed E-state index contributed by atoms with van der Waals surface area (Å²) in [6.45, 7) is 53.3. The molecule has 7 atom stereocenters. The van der Waals surface area contributed by atoms with E-state index in [0.717, 1.165) is 76.9 Å². The van der Waals surface area contributed by atoms with Crippen LogP contribution in [0.1, 0.15) is 244 Å². The smallest absolute Gasteiger partial charge is 0.210 e. The number of hydrogen-bond acceptors (Lipinski definition) is 0. The summed E-state index contributed by atoms with van der Waals surface area (Å²) in [5.74, 6) is 9.28. The van der Waals surface area contributed by atoms with E-state index >= 15 is 0 Å². The molecule has 4 rings (SSSR count). The van der Waals surface area contributed by atoms with Gasteiger partial charge in [-0.1, -0.05) is 219 Å². The summed E-state index contributed by atoms with van der Waals surface area (Å²) in [6.07, 6.45) is 4.77. The van der Waals surface area contributed by atoms with Crippen LogP contribution in [0.2, 0.25) is 0 Å². The molecule has 410 valence electrons. The van der Waals surface area contributed by atoms with Crippen LogP contribution in [0.5, 0.6) is 0 Å². The van der Waals surface area contributed by atoms with Crippen LogP contribution in [0.4, 0.5) is 35.1 Å². The van der Waals surface area contributed by atoms with Crippen LogP contribution in [-0.2, 0) is 0 Å². The summed E-state index contributed by atoms with van der Waals surface area (Å²) >= 11 is 0. The molecule has 0 aromatic carbocycles. The van der Waals surface area contributed by atoms with E-state index in [4.69, 9.17) is 0 Å². The molecule has 0 unspecified atom stereocenters. The summed E-state index contributed by atoms with van der Waals surface area (Å²) in [4.78, 5) is 0. The molecule has 0 aliphatic heterocycles. The molecule has 0 nitrogen and oxygen atoms in total. The Morgan fingerprint density at radius 1 is 0.313 bits per heavy atom. The zero-order chi connectivity index (χ0) is 54.1. The van der Waals surface area contributed by atoms with Crippen molar-refractivity contribution in [1.82, 2.24) is 0 Å². The van der Waals surface area contributed by atoms with Crippen LogP contribution in [0.3, 0.4) is 0 Å². The highest BCUT2D eigenvalue weighted by atomic mass is 19.4. The molecule has 0 N–H and O–H groups in total. The molecule has 4 aliphatic rings.